The molecule has 5 nitrogen and oxygen atoms in total. The maximum atomic E-state index is 11.6. The molecular weight excluding hydrogens is 256 g/mol. The molecule has 1 saturated heterocycles. The summed E-state index contributed by atoms with van der Waals surface area (Å²) in [5, 5.41) is 12.3. The number of nitrogens with zero attached hydrogens (tertiary/aromatic N) is 1. The summed E-state index contributed by atoms with van der Waals surface area (Å²) >= 11 is 0. The number of rotatable bonds is 3. The third-order valence-electron chi connectivity index (χ3n) is 4.06. The standard InChI is InChI=1S/C15H18N2O3/c18-13-9-11-8-10(4-5-12(11)16-13)14(15(19)20)17-6-2-1-3-7-17/h4-5,8,14H,1-3,6-7,9H2,(H,16,18)(H,19,20). The molecule has 0 aliphatic carbocycles. The smallest absolute Gasteiger partial charge is 0.325 e. The number of anilines is 1. The molecule has 1 amide bonds. The van der Waals surface area contributed by atoms with Crippen molar-refractivity contribution < 1.29 is 14.7 Å². The molecule has 0 bridgehead atoms. The summed E-state index contributed by atoms with van der Waals surface area (Å²) in [6, 6.07) is 4.89. The van der Waals surface area contributed by atoms with Crippen LogP contribution in [0.3, 0.4) is 0 Å². The topological polar surface area (TPSA) is 69.6 Å². The van der Waals surface area contributed by atoms with Crippen LogP contribution in [0.5, 0.6) is 0 Å². The second kappa shape index (κ2) is 5.25. The minimum Gasteiger partial charge on any atom is -0.480 e. The van der Waals surface area contributed by atoms with Gasteiger partial charge in [-0.1, -0.05) is 18.6 Å². The van der Waals surface area contributed by atoms with Crippen molar-refractivity contribution in [2.45, 2.75) is 31.7 Å². The maximum Gasteiger partial charge on any atom is 0.325 e. The number of carbonyl (C=O) groups excluding carboxylic acids is 1. The van der Waals surface area contributed by atoms with E-state index >= 15 is 0 Å². The largest absolute Gasteiger partial charge is 0.480 e. The lowest BCUT2D eigenvalue weighted by atomic mass is 9.99. The summed E-state index contributed by atoms with van der Waals surface area (Å²) in [7, 11) is 0. The molecule has 1 fully saturated rings. The highest BCUT2D eigenvalue weighted by molar-refractivity contribution is 5.99. The number of carbonyl (C=O) groups is 2. The summed E-state index contributed by atoms with van der Waals surface area (Å²) in [5.74, 6) is -0.842. The lowest BCUT2D eigenvalue weighted by molar-refractivity contribution is -0.144. The summed E-state index contributed by atoms with van der Waals surface area (Å²) in [5.41, 5.74) is 2.48. The predicted molar refractivity (Wildman–Crippen MR) is 74.6 cm³/mol. The van der Waals surface area contributed by atoms with Gasteiger partial charge in [-0.25, -0.2) is 0 Å². The quantitative estimate of drug-likeness (QED) is 0.881. The number of aliphatic carboxylic acids is 1. The number of benzene rings is 1. The van der Waals surface area contributed by atoms with E-state index in [2.05, 4.69) is 5.32 Å². The SMILES string of the molecule is O=C1Cc2cc(C(C(=O)O)N3CCCCC3)ccc2N1. The van der Waals surface area contributed by atoms with E-state index in [0.29, 0.717) is 6.42 Å². The van der Waals surface area contributed by atoms with Gasteiger partial charge < -0.3 is 10.4 Å². The van der Waals surface area contributed by atoms with Gasteiger partial charge in [-0.15, -0.1) is 0 Å². The van der Waals surface area contributed by atoms with E-state index in [1.54, 1.807) is 0 Å². The Morgan fingerprint density at radius 3 is 2.70 bits per heavy atom. The fraction of sp³-hybridized carbons (Fsp3) is 0.467. The molecular formula is C15H18N2O3. The molecule has 3 rings (SSSR count). The minimum absolute atomic E-state index is 0.0259. The van der Waals surface area contributed by atoms with Crippen molar-refractivity contribution in [2.75, 3.05) is 18.4 Å². The molecule has 2 aliphatic heterocycles. The molecule has 106 valence electrons. The normalized spacial score (nSPS) is 20.3. The highest BCUT2D eigenvalue weighted by atomic mass is 16.4. The van der Waals surface area contributed by atoms with Gasteiger partial charge in [-0.3, -0.25) is 14.5 Å². The van der Waals surface area contributed by atoms with Crippen LogP contribution in [0.1, 0.15) is 36.4 Å². The Morgan fingerprint density at radius 1 is 1.25 bits per heavy atom. The monoisotopic (exact) mass is 274 g/mol. The molecule has 2 N–H and O–H groups in total. The van der Waals surface area contributed by atoms with Crippen molar-refractivity contribution in [1.82, 2.24) is 4.90 Å². The van der Waals surface area contributed by atoms with E-state index in [-0.39, 0.29) is 5.91 Å². The summed E-state index contributed by atoms with van der Waals surface area (Å²) in [6.45, 7) is 1.65. The van der Waals surface area contributed by atoms with Crippen LogP contribution in [0, 0.1) is 0 Å². The van der Waals surface area contributed by atoms with Crippen LogP contribution in [0.2, 0.25) is 0 Å². The third-order valence-corrected chi connectivity index (χ3v) is 4.06. The van der Waals surface area contributed by atoms with Gasteiger partial charge >= 0.3 is 5.97 Å². The van der Waals surface area contributed by atoms with Crippen molar-refractivity contribution in [3.05, 3.63) is 29.3 Å². The minimum atomic E-state index is -0.816. The number of likely N-dealkylation sites (tertiary alicyclic amines) is 1. The Labute approximate surface area is 117 Å². The Hall–Kier alpha value is -1.88. The fourth-order valence-corrected chi connectivity index (χ4v) is 3.11. The average molecular weight is 274 g/mol. The van der Waals surface area contributed by atoms with Gasteiger partial charge in [0.25, 0.3) is 0 Å². The first kappa shape index (κ1) is 13.1. The summed E-state index contributed by atoms with van der Waals surface area (Å²) in [4.78, 5) is 25.0. The van der Waals surface area contributed by atoms with Crippen LogP contribution < -0.4 is 5.32 Å². The molecule has 5 heteroatoms. The second-order valence-corrected chi connectivity index (χ2v) is 5.48. The van der Waals surface area contributed by atoms with Crippen molar-refractivity contribution >= 4 is 17.6 Å². The zero-order valence-electron chi connectivity index (χ0n) is 11.3. The van der Waals surface area contributed by atoms with Gasteiger partial charge in [0.05, 0.1) is 6.42 Å². The van der Waals surface area contributed by atoms with Crippen molar-refractivity contribution in [2.24, 2.45) is 0 Å². The van der Waals surface area contributed by atoms with Crippen molar-refractivity contribution in [3.8, 4) is 0 Å². The maximum absolute atomic E-state index is 11.6. The number of carboxylic acids is 1. The van der Waals surface area contributed by atoms with E-state index in [0.717, 1.165) is 42.7 Å². The predicted octanol–water partition coefficient (Wildman–Crippen LogP) is 1.79. The van der Waals surface area contributed by atoms with E-state index in [4.69, 9.17) is 0 Å². The number of amides is 1. The molecule has 0 saturated carbocycles. The summed E-state index contributed by atoms with van der Waals surface area (Å²) < 4.78 is 0. The van der Waals surface area contributed by atoms with E-state index in [1.807, 2.05) is 23.1 Å². The van der Waals surface area contributed by atoms with Gasteiger partial charge in [-0.05, 0) is 43.1 Å². The lowest BCUT2D eigenvalue weighted by Crippen LogP contribution is -2.37. The summed E-state index contributed by atoms with van der Waals surface area (Å²) in [6.07, 6.45) is 3.62. The molecule has 1 aromatic carbocycles. The third kappa shape index (κ3) is 2.41. The lowest BCUT2D eigenvalue weighted by Gasteiger charge is -2.32. The second-order valence-electron chi connectivity index (χ2n) is 5.48. The van der Waals surface area contributed by atoms with Gasteiger partial charge in [0.1, 0.15) is 6.04 Å². The van der Waals surface area contributed by atoms with Crippen LogP contribution in [-0.2, 0) is 16.0 Å². The van der Waals surface area contributed by atoms with Crippen molar-refractivity contribution in [3.63, 3.8) is 0 Å². The molecule has 2 heterocycles. The van der Waals surface area contributed by atoms with Crippen LogP contribution in [-0.4, -0.2) is 35.0 Å². The first-order valence-electron chi connectivity index (χ1n) is 7.05. The molecule has 0 aromatic heterocycles. The Morgan fingerprint density at radius 2 is 2.00 bits per heavy atom. The van der Waals surface area contributed by atoms with Crippen LogP contribution in [0.4, 0.5) is 5.69 Å². The Balaban J connectivity index is 1.90. The first-order chi connectivity index (χ1) is 9.65. The van der Waals surface area contributed by atoms with E-state index in [9.17, 15) is 14.7 Å². The van der Waals surface area contributed by atoms with Crippen LogP contribution >= 0.6 is 0 Å². The number of carboxylic acid groups (broad SMARTS) is 1. The van der Waals surface area contributed by atoms with E-state index < -0.39 is 12.0 Å². The van der Waals surface area contributed by atoms with Crippen LogP contribution in [0.25, 0.3) is 0 Å². The molecule has 0 spiro atoms. The zero-order valence-corrected chi connectivity index (χ0v) is 11.3. The number of piperidine rings is 1. The Bertz CT molecular complexity index is 550. The molecule has 0 radical (unpaired) electrons. The van der Waals surface area contributed by atoms with E-state index in [1.165, 1.54) is 6.42 Å². The molecule has 1 aromatic rings. The number of nitrogens with one attached hydrogen (secondary N) is 1. The number of fused-ring (bicyclic) bond motifs is 1. The molecule has 1 atom stereocenters. The average Bonchev–Trinajstić information content (AvgIpc) is 2.79. The highest BCUT2D eigenvalue weighted by Crippen LogP contribution is 2.30. The Kier molecular flexibility index (Phi) is 3.44. The number of hydrogen-bond donors (Lipinski definition) is 2. The molecule has 20 heavy (non-hydrogen) atoms. The number of hydrogen-bond acceptors (Lipinski definition) is 3. The first-order valence-corrected chi connectivity index (χ1v) is 7.05. The molecule has 2 aliphatic rings. The fourth-order valence-electron chi connectivity index (χ4n) is 3.11. The van der Waals surface area contributed by atoms with Crippen molar-refractivity contribution in [1.29, 1.82) is 0 Å². The zero-order chi connectivity index (χ0) is 14.1. The van der Waals surface area contributed by atoms with Gasteiger partial charge in [0, 0.05) is 5.69 Å². The van der Waals surface area contributed by atoms with Gasteiger partial charge in [-0.2, -0.15) is 0 Å². The van der Waals surface area contributed by atoms with Crippen LogP contribution in [0.15, 0.2) is 18.2 Å². The van der Waals surface area contributed by atoms with Gasteiger partial charge in [0.2, 0.25) is 5.91 Å². The molecule has 1 unspecified atom stereocenters. The van der Waals surface area contributed by atoms with Gasteiger partial charge in [0.15, 0.2) is 0 Å². The highest BCUT2D eigenvalue weighted by Gasteiger charge is 2.29.